The molecular formula is C23H33N3O2. The van der Waals surface area contributed by atoms with Crippen LogP contribution in [0.1, 0.15) is 44.4 Å². The van der Waals surface area contributed by atoms with Crippen molar-refractivity contribution in [3.05, 3.63) is 71.3 Å². The van der Waals surface area contributed by atoms with Crippen LogP contribution >= 0.6 is 0 Å². The van der Waals surface area contributed by atoms with E-state index in [4.69, 9.17) is 4.74 Å². The second-order valence-corrected chi connectivity index (χ2v) is 7.36. The van der Waals surface area contributed by atoms with Gasteiger partial charge in [-0.3, -0.25) is 0 Å². The van der Waals surface area contributed by atoms with E-state index in [1.165, 1.54) is 0 Å². The Labute approximate surface area is 168 Å². The summed E-state index contributed by atoms with van der Waals surface area (Å²) in [4.78, 5) is 4.64. The number of hydrogen-bond acceptors (Lipinski definition) is 3. The number of ether oxygens (including phenoxy) is 1. The van der Waals surface area contributed by atoms with Gasteiger partial charge in [0, 0.05) is 6.54 Å². The lowest BCUT2D eigenvalue weighted by Gasteiger charge is -2.25. The smallest absolute Gasteiger partial charge is 0.191 e. The Bertz CT molecular complexity index is 725. The summed E-state index contributed by atoms with van der Waals surface area (Å²) in [6.07, 6.45) is 0.228. The van der Waals surface area contributed by atoms with Gasteiger partial charge in [-0.05, 0) is 44.4 Å². The van der Waals surface area contributed by atoms with Crippen molar-refractivity contribution >= 4 is 5.96 Å². The average molecular weight is 384 g/mol. The number of nitrogens with one attached hydrogen (secondary N) is 2. The monoisotopic (exact) mass is 383 g/mol. The Hall–Kier alpha value is -2.37. The first-order valence-electron chi connectivity index (χ1n) is 9.90. The molecule has 0 saturated carbocycles. The van der Waals surface area contributed by atoms with Gasteiger partial charge in [-0.25, -0.2) is 4.99 Å². The SMILES string of the molecule is CCNC(=NCc1ccc(COC(C)C)cc1)NCC(C)(O)c1ccccc1. The Kier molecular flexibility index (Phi) is 8.48. The number of nitrogens with zero attached hydrogens (tertiary/aromatic N) is 1. The van der Waals surface area contributed by atoms with Crippen LogP contribution in [0.2, 0.25) is 0 Å². The van der Waals surface area contributed by atoms with Crippen LogP contribution < -0.4 is 10.6 Å². The Balaban J connectivity index is 1.94. The third-order valence-corrected chi connectivity index (χ3v) is 4.37. The molecule has 5 nitrogen and oxygen atoms in total. The van der Waals surface area contributed by atoms with Gasteiger partial charge in [0.05, 0.1) is 25.8 Å². The lowest BCUT2D eigenvalue weighted by Crippen LogP contribution is -2.44. The van der Waals surface area contributed by atoms with Gasteiger partial charge in [0.1, 0.15) is 5.60 Å². The third-order valence-electron chi connectivity index (χ3n) is 4.37. The molecule has 0 aliphatic heterocycles. The van der Waals surface area contributed by atoms with Crippen molar-refractivity contribution in [2.24, 2.45) is 4.99 Å². The van der Waals surface area contributed by atoms with Gasteiger partial charge in [-0.2, -0.15) is 0 Å². The van der Waals surface area contributed by atoms with Gasteiger partial charge in [0.2, 0.25) is 0 Å². The van der Waals surface area contributed by atoms with Crippen LogP contribution in [0.5, 0.6) is 0 Å². The quantitative estimate of drug-likeness (QED) is 0.457. The van der Waals surface area contributed by atoms with E-state index in [-0.39, 0.29) is 6.10 Å². The maximum Gasteiger partial charge on any atom is 0.191 e. The zero-order valence-electron chi connectivity index (χ0n) is 17.4. The molecule has 0 radical (unpaired) electrons. The predicted octanol–water partition coefficient (Wildman–Crippen LogP) is 3.57. The highest BCUT2D eigenvalue weighted by atomic mass is 16.5. The number of hydrogen-bond donors (Lipinski definition) is 3. The summed E-state index contributed by atoms with van der Waals surface area (Å²) < 4.78 is 5.63. The van der Waals surface area contributed by atoms with Crippen molar-refractivity contribution in [2.75, 3.05) is 13.1 Å². The lowest BCUT2D eigenvalue weighted by atomic mass is 9.96. The van der Waals surface area contributed by atoms with E-state index in [1.807, 2.05) is 51.1 Å². The van der Waals surface area contributed by atoms with Crippen LogP contribution in [0, 0.1) is 0 Å². The van der Waals surface area contributed by atoms with Crippen LogP contribution in [0.3, 0.4) is 0 Å². The highest BCUT2D eigenvalue weighted by Crippen LogP contribution is 2.18. The van der Waals surface area contributed by atoms with E-state index >= 15 is 0 Å². The molecule has 3 N–H and O–H groups in total. The number of aliphatic imine (C=N–C) groups is 1. The van der Waals surface area contributed by atoms with Gasteiger partial charge in [-0.15, -0.1) is 0 Å². The fourth-order valence-corrected chi connectivity index (χ4v) is 2.67. The maximum absolute atomic E-state index is 10.8. The molecule has 0 aromatic heterocycles. The molecule has 2 aromatic rings. The molecular weight excluding hydrogens is 350 g/mol. The summed E-state index contributed by atoms with van der Waals surface area (Å²) in [5.74, 6) is 0.686. The minimum atomic E-state index is -0.977. The van der Waals surface area contributed by atoms with Gasteiger partial charge < -0.3 is 20.5 Å². The second-order valence-electron chi connectivity index (χ2n) is 7.36. The fourth-order valence-electron chi connectivity index (χ4n) is 2.67. The zero-order chi connectivity index (χ0) is 20.4. The first kappa shape index (κ1) is 21.9. The van der Waals surface area contributed by atoms with Crippen molar-refractivity contribution < 1.29 is 9.84 Å². The fraction of sp³-hybridized carbons (Fsp3) is 0.435. The summed E-state index contributed by atoms with van der Waals surface area (Å²) in [6.45, 7) is 10.2. The largest absolute Gasteiger partial charge is 0.384 e. The third kappa shape index (κ3) is 7.33. The molecule has 0 saturated heterocycles. The molecule has 0 amide bonds. The maximum atomic E-state index is 10.8. The minimum absolute atomic E-state index is 0.228. The molecule has 2 aromatic carbocycles. The van der Waals surface area contributed by atoms with Gasteiger partial charge in [0.25, 0.3) is 0 Å². The second kappa shape index (κ2) is 10.8. The zero-order valence-corrected chi connectivity index (χ0v) is 17.4. The van der Waals surface area contributed by atoms with Crippen LogP contribution in [-0.4, -0.2) is 30.3 Å². The molecule has 1 unspecified atom stereocenters. The highest BCUT2D eigenvalue weighted by Gasteiger charge is 2.22. The van der Waals surface area contributed by atoms with Gasteiger partial charge in [-0.1, -0.05) is 54.6 Å². The average Bonchev–Trinajstić information content (AvgIpc) is 2.70. The first-order chi connectivity index (χ1) is 13.4. The topological polar surface area (TPSA) is 65.9 Å². The highest BCUT2D eigenvalue weighted by molar-refractivity contribution is 5.79. The summed E-state index contributed by atoms with van der Waals surface area (Å²) in [5.41, 5.74) is 2.18. The van der Waals surface area contributed by atoms with E-state index in [0.29, 0.717) is 25.7 Å². The Morgan fingerprint density at radius 1 is 1.04 bits per heavy atom. The Morgan fingerprint density at radius 2 is 1.68 bits per heavy atom. The lowest BCUT2D eigenvalue weighted by molar-refractivity contribution is 0.0617. The minimum Gasteiger partial charge on any atom is -0.384 e. The molecule has 2 rings (SSSR count). The van der Waals surface area contributed by atoms with Gasteiger partial charge in [0.15, 0.2) is 5.96 Å². The molecule has 152 valence electrons. The molecule has 1 atom stereocenters. The summed E-state index contributed by atoms with van der Waals surface area (Å²) in [6, 6.07) is 18.0. The molecule has 0 aliphatic rings. The van der Waals surface area contributed by atoms with Crippen molar-refractivity contribution in [3.8, 4) is 0 Å². The molecule has 0 heterocycles. The summed E-state index contributed by atoms with van der Waals surface area (Å²) >= 11 is 0. The van der Waals surface area contributed by atoms with Crippen molar-refractivity contribution in [1.82, 2.24) is 10.6 Å². The summed E-state index contributed by atoms with van der Waals surface area (Å²) in [7, 11) is 0. The summed E-state index contributed by atoms with van der Waals surface area (Å²) in [5, 5.41) is 17.2. The normalized spacial score (nSPS) is 14.0. The number of guanidine groups is 1. The number of aliphatic hydroxyl groups is 1. The first-order valence-corrected chi connectivity index (χ1v) is 9.90. The molecule has 28 heavy (non-hydrogen) atoms. The van der Waals surface area contributed by atoms with E-state index in [2.05, 4.69) is 39.9 Å². The van der Waals surface area contributed by atoms with Crippen LogP contribution in [-0.2, 0) is 23.5 Å². The molecule has 5 heteroatoms. The predicted molar refractivity (Wildman–Crippen MR) is 115 cm³/mol. The Morgan fingerprint density at radius 3 is 2.29 bits per heavy atom. The van der Waals surface area contributed by atoms with E-state index < -0.39 is 5.60 Å². The van der Waals surface area contributed by atoms with Gasteiger partial charge >= 0.3 is 0 Å². The number of rotatable bonds is 9. The van der Waals surface area contributed by atoms with Crippen LogP contribution in [0.15, 0.2) is 59.6 Å². The van der Waals surface area contributed by atoms with E-state index in [0.717, 1.165) is 23.2 Å². The molecule has 0 spiro atoms. The molecule has 0 bridgehead atoms. The van der Waals surface area contributed by atoms with Crippen LogP contribution in [0.25, 0.3) is 0 Å². The van der Waals surface area contributed by atoms with E-state index in [9.17, 15) is 5.11 Å². The van der Waals surface area contributed by atoms with Crippen molar-refractivity contribution in [1.29, 1.82) is 0 Å². The number of benzene rings is 2. The van der Waals surface area contributed by atoms with Crippen molar-refractivity contribution in [2.45, 2.75) is 52.6 Å². The standard InChI is InChI=1S/C23H33N3O2/c1-5-24-22(26-17-23(4,27)21-9-7-6-8-10-21)25-15-19-11-13-20(14-12-19)16-28-18(2)3/h6-14,18,27H,5,15-17H2,1-4H3,(H2,24,25,26). The molecule has 0 aliphatic carbocycles. The van der Waals surface area contributed by atoms with Crippen LogP contribution in [0.4, 0.5) is 0 Å². The molecule has 0 fully saturated rings. The van der Waals surface area contributed by atoms with Crippen molar-refractivity contribution in [3.63, 3.8) is 0 Å². The van der Waals surface area contributed by atoms with E-state index in [1.54, 1.807) is 6.92 Å².